The normalized spacial score (nSPS) is 12.5. The van der Waals surface area contributed by atoms with E-state index in [4.69, 9.17) is 0 Å². The van der Waals surface area contributed by atoms with Gasteiger partial charge in [-0.15, -0.1) is 0 Å². The van der Waals surface area contributed by atoms with Gasteiger partial charge in [-0.05, 0) is 37.6 Å². The van der Waals surface area contributed by atoms with Crippen LogP contribution in [0.3, 0.4) is 0 Å². The van der Waals surface area contributed by atoms with Crippen LogP contribution in [0.4, 0.5) is 0 Å². The molecule has 3 rings (SSSR count). The van der Waals surface area contributed by atoms with E-state index in [1.807, 2.05) is 58.2 Å². The van der Waals surface area contributed by atoms with Crippen molar-refractivity contribution in [2.45, 2.75) is 33.0 Å². The van der Waals surface area contributed by atoms with Crippen molar-refractivity contribution in [1.82, 2.24) is 24.9 Å². The predicted octanol–water partition coefficient (Wildman–Crippen LogP) is 2.56. The lowest BCUT2D eigenvalue weighted by Gasteiger charge is -2.12. The van der Waals surface area contributed by atoms with E-state index in [1.54, 1.807) is 0 Å². The van der Waals surface area contributed by atoms with Crippen molar-refractivity contribution in [2.75, 3.05) is 0 Å². The molecule has 0 aliphatic heterocycles. The third kappa shape index (κ3) is 3.62. The van der Waals surface area contributed by atoms with Crippen LogP contribution in [0.5, 0.6) is 0 Å². The summed E-state index contributed by atoms with van der Waals surface area (Å²) in [6.07, 6.45) is 5.93. The van der Waals surface area contributed by atoms with Crippen molar-refractivity contribution in [2.24, 2.45) is 0 Å². The highest BCUT2D eigenvalue weighted by Gasteiger charge is 2.06. The molecular weight excluding hydrogens is 274 g/mol. The lowest BCUT2D eigenvalue weighted by Crippen LogP contribution is -2.30. The Bertz CT molecular complexity index is 713. The Morgan fingerprint density at radius 2 is 2.00 bits per heavy atom. The van der Waals surface area contributed by atoms with Gasteiger partial charge in [-0.2, -0.15) is 10.2 Å². The fourth-order valence-corrected chi connectivity index (χ4v) is 2.37. The van der Waals surface area contributed by atoms with Crippen LogP contribution in [0, 0.1) is 6.92 Å². The zero-order valence-corrected chi connectivity index (χ0v) is 13.0. The quantitative estimate of drug-likeness (QED) is 0.760. The molecule has 5 nitrogen and oxygen atoms in total. The molecule has 3 aromatic rings. The van der Waals surface area contributed by atoms with Crippen LogP contribution in [-0.2, 0) is 13.1 Å². The Morgan fingerprint density at radius 1 is 1.18 bits per heavy atom. The molecule has 0 unspecified atom stereocenters. The number of benzene rings is 1. The summed E-state index contributed by atoms with van der Waals surface area (Å²) in [6, 6.07) is 12.5. The number of aromatic nitrogens is 4. The molecule has 0 saturated heterocycles. The smallest absolute Gasteiger partial charge is 0.0766 e. The van der Waals surface area contributed by atoms with Crippen LogP contribution < -0.4 is 5.32 Å². The van der Waals surface area contributed by atoms with E-state index in [0.29, 0.717) is 6.04 Å². The molecule has 0 amide bonds. The molecule has 2 heterocycles. The van der Waals surface area contributed by atoms with Crippen molar-refractivity contribution >= 4 is 0 Å². The number of nitrogens with zero attached hydrogens (tertiary/aromatic N) is 4. The summed E-state index contributed by atoms with van der Waals surface area (Å²) in [7, 11) is 0. The van der Waals surface area contributed by atoms with Gasteiger partial charge in [-0.25, -0.2) is 4.68 Å². The minimum Gasteiger partial charge on any atom is -0.307 e. The van der Waals surface area contributed by atoms with Crippen LogP contribution >= 0.6 is 0 Å². The Balaban J connectivity index is 1.54. The van der Waals surface area contributed by atoms with Crippen LogP contribution in [0.15, 0.2) is 55.0 Å². The summed E-state index contributed by atoms with van der Waals surface area (Å²) < 4.78 is 3.87. The Hall–Kier alpha value is -2.40. The van der Waals surface area contributed by atoms with Gasteiger partial charge in [0.2, 0.25) is 0 Å². The largest absolute Gasteiger partial charge is 0.307 e. The summed E-state index contributed by atoms with van der Waals surface area (Å²) >= 11 is 0. The molecule has 0 fully saturated rings. The Labute approximate surface area is 130 Å². The highest BCUT2D eigenvalue weighted by Crippen LogP contribution is 2.07. The fraction of sp³-hybridized carbons (Fsp3) is 0.294. The van der Waals surface area contributed by atoms with Gasteiger partial charge >= 0.3 is 0 Å². The number of para-hydroxylation sites is 1. The molecule has 2 aromatic heterocycles. The van der Waals surface area contributed by atoms with Crippen molar-refractivity contribution in [3.05, 3.63) is 66.2 Å². The van der Waals surface area contributed by atoms with E-state index in [1.165, 1.54) is 5.56 Å². The Morgan fingerprint density at radius 3 is 2.73 bits per heavy atom. The van der Waals surface area contributed by atoms with Gasteiger partial charge in [-0.3, -0.25) is 4.68 Å². The first-order valence-electron chi connectivity index (χ1n) is 7.53. The maximum absolute atomic E-state index is 4.60. The second kappa shape index (κ2) is 6.58. The minimum absolute atomic E-state index is 0.334. The van der Waals surface area contributed by atoms with Crippen molar-refractivity contribution < 1.29 is 0 Å². The van der Waals surface area contributed by atoms with Gasteiger partial charge in [0, 0.05) is 25.0 Å². The molecule has 1 aromatic carbocycles. The number of aryl methyl sites for hydroxylation is 1. The second-order valence-electron chi connectivity index (χ2n) is 5.61. The summed E-state index contributed by atoms with van der Waals surface area (Å²) in [6.45, 7) is 5.82. The van der Waals surface area contributed by atoms with Gasteiger partial charge in [0.1, 0.15) is 0 Å². The highest BCUT2D eigenvalue weighted by molar-refractivity contribution is 5.30. The Kier molecular flexibility index (Phi) is 4.34. The molecule has 0 bridgehead atoms. The zero-order valence-electron chi connectivity index (χ0n) is 13.0. The lowest BCUT2D eigenvalue weighted by atomic mass is 10.3. The second-order valence-corrected chi connectivity index (χ2v) is 5.61. The zero-order chi connectivity index (χ0) is 15.4. The van der Waals surface area contributed by atoms with Crippen LogP contribution in [0.2, 0.25) is 0 Å². The molecule has 5 heteroatoms. The van der Waals surface area contributed by atoms with Crippen molar-refractivity contribution in [3.63, 3.8) is 0 Å². The minimum atomic E-state index is 0.334. The average molecular weight is 295 g/mol. The SMILES string of the molecule is Cc1cnn(C[C@@H](C)NCc2ccn(-c3ccccc3)n2)c1. The summed E-state index contributed by atoms with van der Waals surface area (Å²) in [5, 5.41) is 12.4. The third-order valence-corrected chi connectivity index (χ3v) is 3.52. The number of rotatable bonds is 6. The van der Waals surface area contributed by atoms with E-state index < -0.39 is 0 Å². The van der Waals surface area contributed by atoms with Crippen LogP contribution in [-0.4, -0.2) is 25.6 Å². The lowest BCUT2D eigenvalue weighted by molar-refractivity contribution is 0.447. The number of nitrogens with one attached hydrogen (secondary N) is 1. The first-order chi connectivity index (χ1) is 10.7. The summed E-state index contributed by atoms with van der Waals surface area (Å²) in [4.78, 5) is 0. The number of hydrogen-bond donors (Lipinski definition) is 1. The standard InChI is InChI=1S/C17H21N5/c1-14-10-19-21(12-14)13-15(2)18-11-16-8-9-22(20-16)17-6-4-3-5-7-17/h3-10,12,15,18H,11,13H2,1-2H3/t15-/m1/s1. The maximum Gasteiger partial charge on any atom is 0.0766 e. The predicted molar refractivity (Wildman–Crippen MR) is 86.8 cm³/mol. The topological polar surface area (TPSA) is 47.7 Å². The fourth-order valence-electron chi connectivity index (χ4n) is 2.37. The molecular formula is C17H21N5. The molecule has 114 valence electrons. The van der Waals surface area contributed by atoms with E-state index >= 15 is 0 Å². The van der Waals surface area contributed by atoms with Crippen molar-refractivity contribution in [3.8, 4) is 5.69 Å². The highest BCUT2D eigenvalue weighted by atomic mass is 15.3. The van der Waals surface area contributed by atoms with Crippen LogP contribution in [0.25, 0.3) is 5.69 Å². The molecule has 1 atom stereocenters. The molecule has 0 saturated carbocycles. The monoisotopic (exact) mass is 295 g/mol. The maximum atomic E-state index is 4.60. The molecule has 22 heavy (non-hydrogen) atoms. The molecule has 0 aliphatic rings. The van der Waals surface area contributed by atoms with Crippen LogP contribution in [0.1, 0.15) is 18.2 Å². The molecule has 0 radical (unpaired) electrons. The first-order valence-corrected chi connectivity index (χ1v) is 7.53. The van der Waals surface area contributed by atoms with E-state index in [2.05, 4.69) is 35.6 Å². The van der Waals surface area contributed by atoms with Crippen molar-refractivity contribution in [1.29, 1.82) is 0 Å². The van der Waals surface area contributed by atoms with E-state index in [0.717, 1.165) is 24.5 Å². The molecule has 0 aliphatic carbocycles. The van der Waals surface area contributed by atoms with E-state index in [-0.39, 0.29) is 0 Å². The van der Waals surface area contributed by atoms with Gasteiger partial charge < -0.3 is 5.32 Å². The van der Waals surface area contributed by atoms with Gasteiger partial charge in [0.25, 0.3) is 0 Å². The molecule has 1 N–H and O–H groups in total. The van der Waals surface area contributed by atoms with Gasteiger partial charge in [0.05, 0.1) is 24.1 Å². The molecule has 0 spiro atoms. The van der Waals surface area contributed by atoms with E-state index in [9.17, 15) is 0 Å². The van der Waals surface area contributed by atoms with Gasteiger partial charge in [-0.1, -0.05) is 18.2 Å². The third-order valence-electron chi connectivity index (χ3n) is 3.52. The average Bonchev–Trinajstić information content (AvgIpc) is 3.15. The first kappa shape index (κ1) is 14.5. The summed E-state index contributed by atoms with van der Waals surface area (Å²) in [5.41, 5.74) is 3.30. The van der Waals surface area contributed by atoms with Gasteiger partial charge in [0.15, 0.2) is 0 Å². The summed E-state index contributed by atoms with van der Waals surface area (Å²) in [5.74, 6) is 0. The number of hydrogen-bond acceptors (Lipinski definition) is 3.